The molecule has 5 heteroatoms. The van der Waals surface area contributed by atoms with E-state index in [-0.39, 0.29) is 135 Å². The minimum Gasteiger partial charge on any atom is 0 e. The van der Waals surface area contributed by atoms with Gasteiger partial charge in [-0.2, -0.15) is 0 Å². The standard InChI is InChI=1S/4Ag.Sr. The first-order valence-electron chi connectivity index (χ1n) is 0. The molecule has 0 N–H and O–H groups in total. The molecule has 0 saturated heterocycles. The van der Waals surface area contributed by atoms with Gasteiger partial charge in [-0.15, -0.1) is 0 Å². The molecule has 0 rings (SSSR count). The van der Waals surface area contributed by atoms with Crippen LogP contribution in [0.5, 0.6) is 0 Å². The van der Waals surface area contributed by atoms with Gasteiger partial charge in [-0.1, -0.05) is 0 Å². The van der Waals surface area contributed by atoms with Crippen molar-refractivity contribution >= 4 is 45.5 Å². The third-order valence-corrected chi connectivity index (χ3v) is 0. The second kappa shape index (κ2) is 23.7. The normalized spacial score (nSPS) is 0. The van der Waals surface area contributed by atoms with Crippen molar-refractivity contribution in [1.29, 1.82) is 0 Å². The summed E-state index contributed by atoms with van der Waals surface area (Å²) in [6.45, 7) is 0. The van der Waals surface area contributed by atoms with Crippen molar-refractivity contribution in [2.24, 2.45) is 0 Å². The maximum Gasteiger partial charge on any atom is 0 e. The van der Waals surface area contributed by atoms with Crippen molar-refractivity contribution in [1.82, 2.24) is 0 Å². The fourth-order valence-corrected chi connectivity index (χ4v) is 0. The van der Waals surface area contributed by atoms with E-state index in [0.717, 1.165) is 0 Å². The van der Waals surface area contributed by atoms with Crippen LogP contribution in [0.4, 0.5) is 0 Å². The second-order valence-electron chi connectivity index (χ2n) is 0. The van der Waals surface area contributed by atoms with Crippen LogP contribution in [0.25, 0.3) is 0 Å². The summed E-state index contributed by atoms with van der Waals surface area (Å²) >= 11 is 0. The van der Waals surface area contributed by atoms with Crippen LogP contribution in [-0.2, 0) is 89.5 Å². The molecule has 0 spiro atoms. The Morgan fingerprint density at radius 1 is 0.400 bits per heavy atom. The first kappa shape index (κ1) is 34.1. The fourth-order valence-electron chi connectivity index (χ4n) is 0. The minimum absolute atomic E-state index is 0. The Bertz CT molecular complexity index is 3.61. The van der Waals surface area contributed by atoms with E-state index in [1.54, 1.807) is 0 Å². The molecule has 0 aromatic carbocycles. The first-order chi connectivity index (χ1) is 0. The number of hydrogen-bond donors (Lipinski definition) is 0. The van der Waals surface area contributed by atoms with Crippen molar-refractivity contribution in [3.8, 4) is 0 Å². The van der Waals surface area contributed by atoms with Gasteiger partial charge in [0.2, 0.25) is 0 Å². The average Bonchev–Trinajstić information content (AvgIpc) is 0. The van der Waals surface area contributed by atoms with E-state index in [2.05, 4.69) is 0 Å². The molecule has 0 bridgehead atoms. The zero-order valence-electron chi connectivity index (χ0n) is 1.91. The summed E-state index contributed by atoms with van der Waals surface area (Å²) in [5.41, 5.74) is 0. The molecular formula is Ag4Sr. The molecule has 0 aromatic rings. The van der Waals surface area contributed by atoms with E-state index in [4.69, 9.17) is 0 Å². The molecule has 0 unspecified atom stereocenters. The Labute approximate surface area is 131 Å². The first-order valence-corrected chi connectivity index (χ1v) is 0. The van der Waals surface area contributed by atoms with Gasteiger partial charge in [-0.05, 0) is 0 Å². The van der Waals surface area contributed by atoms with Gasteiger partial charge < -0.3 is 0 Å². The molecule has 0 saturated carbocycles. The maximum absolute atomic E-state index is 0. The van der Waals surface area contributed by atoms with Crippen LogP contribution in [0.1, 0.15) is 0 Å². The van der Waals surface area contributed by atoms with E-state index >= 15 is 0 Å². The van der Waals surface area contributed by atoms with Gasteiger partial charge in [0.05, 0.1) is 0 Å². The molecule has 46 valence electrons. The quantitative estimate of drug-likeness (QED) is 0.383. The van der Waals surface area contributed by atoms with Gasteiger partial charge >= 0.3 is 0 Å². The predicted octanol–water partition coefficient (Wildman–Crippen LogP) is -0.391. The van der Waals surface area contributed by atoms with Crippen molar-refractivity contribution in [3.05, 3.63) is 0 Å². The zero-order chi connectivity index (χ0) is 0. The van der Waals surface area contributed by atoms with Gasteiger partial charge in [0.25, 0.3) is 0 Å². The summed E-state index contributed by atoms with van der Waals surface area (Å²) in [5.74, 6) is 0. The van der Waals surface area contributed by atoms with Gasteiger partial charge in [0.15, 0.2) is 0 Å². The van der Waals surface area contributed by atoms with E-state index in [1.807, 2.05) is 0 Å². The Kier molecular flexibility index (Phi) is 162. The third kappa shape index (κ3) is 17.8. The Hall–Kier alpha value is 4.44. The van der Waals surface area contributed by atoms with E-state index in [9.17, 15) is 0 Å². The van der Waals surface area contributed by atoms with Crippen molar-refractivity contribution in [2.45, 2.75) is 0 Å². The number of rotatable bonds is 0. The zero-order valence-corrected chi connectivity index (χ0v) is 11.3. The largest absolute Gasteiger partial charge is 0 e. The van der Waals surface area contributed by atoms with Crippen molar-refractivity contribution < 1.29 is 89.5 Å². The van der Waals surface area contributed by atoms with Gasteiger partial charge in [-0.3, -0.25) is 0 Å². The molecule has 0 heterocycles. The summed E-state index contributed by atoms with van der Waals surface area (Å²) in [6.07, 6.45) is 0. The van der Waals surface area contributed by atoms with Crippen molar-refractivity contribution in [2.75, 3.05) is 0 Å². The molecule has 0 nitrogen and oxygen atoms in total. The van der Waals surface area contributed by atoms with E-state index < -0.39 is 0 Å². The second-order valence-corrected chi connectivity index (χ2v) is 0. The Morgan fingerprint density at radius 2 is 0.400 bits per heavy atom. The molecule has 6 radical (unpaired) electrons. The van der Waals surface area contributed by atoms with Crippen LogP contribution in [0, 0.1) is 0 Å². The molecule has 0 aliphatic rings. The van der Waals surface area contributed by atoms with Crippen LogP contribution in [0.15, 0.2) is 0 Å². The van der Waals surface area contributed by atoms with Gasteiger partial charge in [-0.25, -0.2) is 0 Å². The van der Waals surface area contributed by atoms with Gasteiger partial charge in [0, 0.05) is 135 Å². The predicted molar refractivity (Wildman–Crippen MR) is 5.75 cm³/mol. The van der Waals surface area contributed by atoms with Crippen LogP contribution in [-0.4, -0.2) is 45.5 Å². The van der Waals surface area contributed by atoms with Crippen LogP contribution < -0.4 is 0 Å². The van der Waals surface area contributed by atoms with Crippen LogP contribution in [0.2, 0.25) is 0 Å². The summed E-state index contributed by atoms with van der Waals surface area (Å²) in [7, 11) is 0. The summed E-state index contributed by atoms with van der Waals surface area (Å²) in [4.78, 5) is 0. The van der Waals surface area contributed by atoms with Crippen molar-refractivity contribution in [3.63, 3.8) is 0 Å². The molecule has 0 atom stereocenters. The molecule has 0 fully saturated rings. The summed E-state index contributed by atoms with van der Waals surface area (Å²) in [6, 6.07) is 0. The average molecular weight is 519 g/mol. The minimum atomic E-state index is 0. The topological polar surface area (TPSA) is 0 Å². The SMILES string of the molecule is [Ag].[Ag].[Ag].[Ag].[Sr]. The molecular weight excluding hydrogens is 519 g/mol. The Balaban J connectivity index is 0. The Morgan fingerprint density at radius 3 is 0.400 bits per heavy atom. The molecule has 0 amide bonds. The summed E-state index contributed by atoms with van der Waals surface area (Å²) < 4.78 is 0. The number of hydrogen-bond acceptors (Lipinski definition) is 0. The third-order valence-electron chi connectivity index (χ3n) is 0. The molecule has 0 aliphatic heterocycles. The fraction of sp³-hybridized carbons (Fsp3) is 0. The molecule has 0 aromatic heterocycles. The molecule has 5 heavy (non-hydrogen) atoms. The van der Waals surface area contributed by atoms with Gasteiger partial charge in [0.1, 0.15) is 0 Å². The smallest absolute Gasteiger partial charge is 0 e. The maximum atomic E-state index is 0. The van der Waals surface area contributed by atoms with Crippen LogP contribution >= 0.6 is 0 Å². The molecule has 0 aliphatic carbocycles. The van der Waals surface area contributed by atoms with Crippen LogP contribution in [0.3, 0.4) is 0 Å². The summed E-state index contributed by atoms with van der Waals surface area (Å²) in [5, 5.41) is 0. The van der Waals surface area contributed by atoms with E-state index in [0.29, 0.717) is 0 Å². The van der Waals surface area contributed by atoms with E-state index in [1.165, 1.54) is 0 Å². The monoisotopic (exact) mass is 516 g/mol.